The van der Waals surface area contributed by atoms with Crippen molar-refractivity contribution in [3.05, 3.63) is 70.3 Å². The summed E-state index contributed by atoms with van der Waals surface area (Å²) in [5.41, 5.74) is 2.13. The van der Waals surface area contributed by atoms with E-state index in [1.165, 1.54) is 56.2 Å². The Bertz CT molecular complexity index is 968. The Morgan fingerprint density at radius 3 is 2.23 bits per heavy atom. The van der Waals surface area contributed by atoms with Crippen LogP contribution < -0.4 is 0 Å². The summed E-state index contributed by atoms with van der Waals surface area (Å²) in [7, 11) is 0. The molecule has 0 heterocycles. The first kappa shape index (κ1) is 22.1. The van der Waals surface area contributed by atoms with Gasteiger partial charge in [-0.3, -0.25) is 0 Å². The molecule has 0 aromatic heterocycles. The molecule has 2 aliphatic carbocycles. The molecule has 1 fully saturated rings. The Morgan fingerprint density at radius 1 is 0.839 bits per heavy atom. The van der Waals surface area contributed by atoms with Gasteiger partial charge in [-0.25, -0.2) is 17.6 Å². The van der Waals surface area contributed by atoms with Crippen LogP contribution in [0.25, 0.3) is 11.1 Å². The van der Waals surface area contributed by atoms with Crippen molar-refractivity contribution in [1.82, 2.24) is 0 Å². The molecule has 0 N–H and O–H groups in total. The molecule has 1 saturated carbocycles. The van der Waals surface area contributed by atoms with E-state index in [0.717, 1.165) is 36.8 Å². The maximum Gasteiger partial charge on any atom is 0.159 e. The van der Waals surface area contributed by atoms with Crippen LogP contribution in [0.2, 0.25) is 0 Å². The third kappa shape index (κ3) is 4.88. The third-order valence-corrected chi connectivity index (χ3v) is 7.17. The van der Waals surface area contributed by atoms with Crippen molar-refractivity contribution in [1.29, 1.82) is 0 Å². The molecular formula is C27H30F4. The zero-order valence-electron chi connectivity index (χ0n) is 18.1. The Kier molecular flexibility index (Phi) is 6.83. The second kappa shape index (κ2) is 9.58. The maximum atomic E-state index is 15.2. The summed E-state index contributed by atoms with van der Waals surface area (Å²) in [4.78, 5) is 0. The predicted octanol–water partition coefficient (Wildman–Crippen LogP) is 8.32. The molecule has 0 unspecified atom stereocenters. The Morgan fingerprint density at radius 2 is 1.55 bits per heavy atom. The van der Waals surface area contributed by atoms with Crippen molar-refractivity contribution >= 4 is 0 Å². The van der Waals surface area contributed by atoms with Gasteiger partial charge in [-0.1, -0.05) is 63.2 Å². The molecule has 166 valence electrons. The van der Waals surface area contributed by atoms with E-state index in [-0.39, 0.29) is 11.1 Å². The minimum atomic E-state index is -1.11. The molecule has 0 radical (unpaired) electrons. The van der Waals surface area contributed by atoms with Crippen LogP contribution in [0, 0.1) is 35.1 Å². The van der Waals surface area contributed by atoms with Crippen molar-refractivity contribution in [2.75, 3.05) is 0 Å². The molecule has 4 heteroatoms. The maximum absolute atomic E-state index is 15.2. The number of hydrogen-bond donors (Lipinski definition) is 0. The van der Waals surface area contributed by atoms with Gasteiger partial charge >= 0.3 is 0 Å². The van der Waals surface area contributed by atoms with Crippen molar-refractivity contribution in [3.63, 3.8) is 0 Å². The van der Waals surface area contributed by atoms with E-state index >= 15 is 4.39 Å². The van der Waals surface area contributed by atoms with E-state index in [4.69, 9.17) is 0 Å². The minimum absolute atomic E-state index is 0.0187. The Balaban J connectivity index is 1.43. The first-order chi connectivity index (χ1) is 15.0. The van der Waals surface area contributed by atoms with Gasteiger partial charge in [-0.15, -0.1) is 0 Å². The molecular weight excluding hydrogens is 400 g/mol. The monoisotopic (exact) mass is 430 g/mol. The van der Waals surface area contributed by atoms with Crippen molar-refractivity contribution in [2.45, 2.75) is 71.1 Å². The molecule has 4 rings (SSSR count). The van der Waals surface area contributed by atoms with Gasteiger partial charge in [0.2, 0.25) is 0 Å². The van der Waals surface area contributed by atoms with E-state index < -0.39 is 23.3 Å². The fourth-order valence-electron chi connectivity index (χ4n) is 5.36. The van der Waals surface area contributed by atoms with Gasteiger partial charge in [0.15, 0.2) is 11.6 Å². The van der Waals surface area contributed by atoms with Crippen molar-refractivity contribution < 1.29 is 17.6 Å². The summed E-state index contributed by atoms with van der Waals surface area (Å²) < 4.78 is 56.7. The van der Waals surface area contributed by atoms with Crippen LogP contribution in [0.4, 0.5) is 17.6 Å². The summed E-state index contributed by atoms with van der Waals surface area (Å²) >= 11 is 0. The Labute approximate surface area is 182 Å². The molecule has 2 aromatic carbocycles. The molecule has 0 spiro atoms. The highest BCUT2D eigenvalue weighted by atomic mass is 19.2. The van der Waals surface area contributed by atoms with E-state index in [1.54, 1.807) is 0 Å². The van der Waals surface area contributed by atoms with Gasteiger partial charge in [0, 0.05) is 0 Å². The van der Waals surface area contributed by atoms with Gasteiger partial charge in [0.1, 0.15) is 11.6 Å². The van der Waals surface area contributed by atoms with Gasteiger partial charge < -0.3 is 0 Å². The minimum Gasteiger partial charge on any atom is -0.206 e. The van der Waals surface area contributed by atoms with Crippen LogP contribution in [-0.2, 0) is 12.8 Å². The first-order valence-electron chi connectivity index (χ1n) is 11.6. The van der Waals surface area contributed by atoms with E-state index in [2.05, 4.69) is 13.0 Å². The lowest BCUT2D eigenvalue weighted by Crippen LogP contribution is -2.15. The molecule has 0 nitrogen and oxygen atoms in total. The lowest BCUT2D eigenvalue weighted by molar-refractivity contribution is 0.252. The number of fused-ring (bicyclic) bond motifs is 1. The summed E-state index contributed by atoms with van der Waals surface area (Å²) in [6, 6.07) is 4.34. The highest BCUT2D eigenvalue weighted by Crippen LogP contribution is 2.37. The summed E-state index contributed by atoms with van der Waals surface area (Å²) in [6.07, 6.45) is 13.1. The second-order valence-electron chi connectivity index (χ2n) is 9.27. The van der Waals surface area contributed by atoms with Crippen molar-refractivity contribution in [2.24, 2.45) is 11.8 Å². The van der Waals surface area contributed by atoms with E-state index in [1.807, 2.05) is 0 Å². The molecule has 0 amide bonds. The van der Waals surface area contributed by atoms with Crippen LogP contribution >= 0.6 is 0 Å². The van der Waals surface area contributed by atoms with Crippen LogP contribution in [0.3, 0.4) is 0 Å². The van der Waals surface area contributed by atoms with Gasteiger partial charge in [0.25, 0.3) is 0 Å². The molecule has 31 heavy (non-hydrogen) atoms. The summed E-state index contributed by atoms with van der Waals surface area (Å²) in [6.45, 7) is 2.26. The molecule has 0 atom stereocenters. The standard InChI is InChI=1S/C27H30F4/c1-2-3-17-4-6-18(7-5-17)8-9-19-10-12-22-21(14-19)16-25(30)26(27(22)31)20-11-13-23(28)24(29)15-20/h10-11,13,15-18H,2-9,12,14H2,1H3. The number of hydrogen-bond acceptors (Lipinski definition) is 0. The molecule has 2 aromatic rings. The SMILES string of the molecule is CCCC1CCC(CCC2=CCc3c(cc(F)c(-c4ccc(F)c(F)c4)c3F)C2)CC1. The third-order valence-electron chi connectivity index (χ3n) is 7.17. The normalized spacial score (nSPS) is 21.0. The number of halogens is 4. The van der Waals surface area contributed by atoms with Crippen LogP contribution in [0.5, 0.6) is 0 Å². The molecule has 0 bridgehead atoms. The van der Waals surface area contributed by atoms with Crippen LogP contribution in [-0.4, -0.2) is 0 Å². The average molecular weight is 431 g/mol. The van der Waals surface area contributed by atoms with Gasteiger partial charge in [0.05, 0.1) is 5.56 Å². The second-order valence-corrected chi connectivity index (χ2v) is 9.27. The lowest BCUT2D eigenvalue weighted by atomic mass is 9.77. The van der Waals surface area contributed by atoms with E-state index in [9.17, 15) is 13.2 Å². The van der Waals surface area contributed by atoms with Gasteiger partial charge in [-0.05, 0) is 72.4 Å². The number of benzene rings is 2. The zero-order chi connectivity index (χ0) is 22.0. The van der Waals surface area contributed by atoms with E-state index in [0.29, 0.717) is 24.0 Å². The largest absolute Gasteiger partial charge is 0.206 e. The average Bonchev–Trinajstić information content (AvgIpc) is 2.76. The smallest absolute Gasteiger partial charge is 0.159 e. The first-order valence-corrected chi connectivity index (χ1v) is 11.6. The fourth-order valence-corrected chi connectivity index (χ4v) is 5.36. The number of rotatable bonds is 6. The number of allylic oxidation sites excluding steroid dienone is 2. The topological polar surface area (TPSA) is 0 Å². The van der Waals surface area contributed by atoms with Crippen LogP contribution in [0.15, 0.2) is 35.9 Å². The predicted molar refractivity (Wildman–Crippen MR) is 117 cm³/mol. The Hall–Kier alpha value is -2.10. The summed E-state index contributed by atoms with van der Waals surface area (Å²) in [5, 5.41) is 0. The highest BCUT2D eigenvalue weighted by molar-refractivity contribution is 5.67. The summed E-state index contributed by atoms with van der Waals surface area (Å²) in [5.74, 6) is -1.87. The molecule has 0 aliphatic heterocycles. The van der Waals surface area contributed by atoms with Crippen molar-refractivity contribution in [3.8, 4) is 11.1 Å². The van der Waals surface area contributed by atoms with Crippen LogP contribution in [0.1, 0.15) is 69.4 Å². The van der Waals surface area contributed by atoms with Gasteiger partial charge in [-0.2, -0.15) is 0 Å². The lowest BCUT2D eigenvalue weighted by Gasteiger charge is -2.29. The quantitative estimate of drug-likeness (QED) is 0.319. The highest BCUT2D eigenvalue weighted by Gasteiger charge is 2.24. The fraction of sp³-hybridized carbons (Fsp3) is 0.481. The molecule has 2 aliphatic rings. The molecule has 0 saturated heterocycles. The zero-order valence-corrected chi connectivity index (χ0v) is 18.1.